The first-order chi connectivity index (χ1) is 8.79. The Morgan fingerprint density at radius 1 is 1.17 bits per heavy atom. The summed E-state index contributed by atoms with van der Waals surface area (Å²) < 4.78 is 1.80. The molecule has 0 aliphatic heterocycles. The number of pyridine rings is 1. The molecule has 4 heteroatoms. The molecule has 18 heavy (non-hydrogen) atoms. The van der Waals surface area contributed by atoms with E-state index >= 15 is 0 Å². The molecule has 0 bridgehead atoms. The van der Waals surface area contributed by atoms with E-state index in [2.05, 4.69) is 16.1 Å². The number of hydrogen-bond donors (Lipinski definition) is 0. The Bertz CT molecular complexity index is 703. The Labute approximate surface area is 110 Å². The van der Waals surface area contributed by atoms with E-state index in [0.29, 0.717) is 5.88 Å². The van der Waals surface area contributed by atoms with Crippen molar-refractivity contribution >= 4 is 22.4 Å². The van der Waals surface area contributed by atoms with E-state index < -0.39 is 0 Å². The molecule has 0 saturated heterocycles. The SMILES string of the molecule is Cc1ccn(-c2ncc(CCl)c3ccccc23)n1. The van der Waals surface area contributed by atoms with Crippen LogP contribution in [0.1, 0.15) is 11.3 Å². The van der Waals surface area contributed by atoms with Crippen LogP contribution in [0.3, 0.4) is 0 Å². The molecule has 0 spiro atoms. The highest BCUT2D eigenvalue weighted by molar-refractivity contribution is 6.18. The zero-order valence-corrected chi connectivity index (χ0v) is 10.7. The monoisotopic (exact) mass is 257 g/mol. The van der Waals surface area contributed by atoms with Crippen LogP contribution in [-0.4, -0.2) is 14.8 Å². The summed E-state index contributed by atoms with van der Waals surface area (Å²) in [5.41, 5.74) is 2.02. The molecule has 0 aliphatic carbocycles. The van der Waals surface area contributed by atoms with Crippen molar-refractivity contribution in [2.75, 3.05) is 0 Å². The number of halogens is 1. The quantitative estimate of drug-likeness (QED) is 0.658. The van der Waals surface area contributed by atoms with Gasteiger partial charge >= 0.3 is 0 Å². The standard InChI is InChI=1S/C14H12ClN3/c1-10-6-7-18(17-10)14-13-5-3-2-4-12(13)11(8-15)9-16-14/h2-7,9H,8H2,1H3. The number of aryl methyl sites for hydroxylation is 1. The Morgan fingerprint density at radius 3 is 2.61 bits per heavy atom. The number of aromatic nitrogens is 3. The molecule has 0 fully saturated rings. The summed E-state index contributed by atoms with van der Waals surface area (Å²) in [7, 11) is 0. The number of alkyl halides is 1. The fourth-order valence-electron chi connectivity index (χ4n) is 2.06. The van der Waals surface area contributed by atoms with E-state index in [-0.39, 0.29) is 0 Å². The third-order valence-electron chi connectivity index (χ3n) is 2.94. The highest BCUT2D eigenvalue weighted by Crippen LogP contribution is 2.24. The van der Waals surface area contributed by atoms with Gasteiger partial charge in [0.1, 0.15) is 0 Å². The first-order valence-electron chi connectivity index (χ1n) is 5.75. The fourth-order valence-corrected chi connectivity index (χ4v) is 2.27. The molecule has 0 saturated carbocycles. The topological polar surface area (TPSA) is 30.7 Å². The van der Waals surface area contributed by atoms with Gasteiger partial charge in [0.2, 0.25) is 0 Å². The lowest BCUT2D eigenvalue weighted by atomic mass is 10.1. The van der Waals surface area contributed by atoms with Crippen molar-refractivity contribution in [3.63, 3.8) is 0 Å². The van der Waals surface area contributed by atoms with E-state index in [9.17, 15) is 0 Å². The van der Waals surface area contributed by atoms with E-state index in [0.717, 1.165) is 27.8 Å². The summed E-state index contributed by atoms with van der Waals surface area (Å²) in [6.07, 6.45) is 3.74. The molecule has 0 unspecified atom stereocenters. The lowest BCUT2D eigenvalue weighted by molar-refractivity contribution is 0.839. The van der Waals surface area contributed by atoms with Gasteiger partial charge in [-0.2, -0.15) is 5.10 Å². The van der Waals surface area contributed by atoms with Crippen LogP contribution in [0.4, 0.5) is 0 Å². The minimum absolute atomic E-state index is 0.464. The third-order valence-corrected chi connectivity index (χ3v) is 3.23. The van der Waals surface area contributed by atoms with Crippen LogP contribution in [0.25, 0.3) is 16.6 Å². The van der Waals surface area contributed by atoms with E-state index in [1.165, 1.54) is 0 Å². The molecular formula is C14H12ClN3. The molecule has 3 nitrogen and oxygen atoms in total. The van der Waals surface area contributed by atoms with Gasteiger partial charge in [-0.3, -0.25) is 0 Å². The highest BCUT2D eigenvalue weighted by atomic mass is 35.5. The molecule has 3 rings (SSSR count). The van der Waals surface area contributed by atoms with Gasteiger partial charge < -0.3 is 0 Å². The maximum Gasteiger partial charge on any atom is 0.161 e. The smallest absolute Gasteiger partial charge is 0.161 e. The predicted octanol–water partition coefficient (Wildman–Crippen LogP) is 3.47. The van der Waals surface area contributed by atoms with Gasteiger partial charge in [-0.1, -0.05) is 24.3 Å². The summed E-state index contributed by atoms with van der Waals surface area (Å²) in [5, 5.41) is 6.61. The van der Waals surface area contributed by atoms with Crippen molar-refractivity contribution < 1.29 is 0 Å². The molecular weight excluding hydrogens is 246 g/mol. The van der Waals surface area contributed by atoms with Crippen molar-refractivity contribution in [2.24, 2.45) is 0 Å². The first-order valence-corrected chi connectivity index (χ1v) is 6.28. The first kappa shape index (κ1) is 11.2. The second-order valence-electron chi connectivity index (χ2n) is 4.19. The van der Waals surface area contributed by atoms with Crippen molar-refractivity contribution in [1.82, 2.24) is 14.8 Å². The zero-order chi connectivity index (χ0) is 12.5. The summed E-state index contributed by atoms with van der Waals surface area (Å²) in [6, 6.07) is 10.1. The van der Waals surface area contributed by atoms with E-state index in [1.54, 1.807) is 4.68 Å². The maximum atomic E-state index is 5.95. The summed E-state index contributed by atoms with van der Waals surface area (Å²) >= 11 is 5.95. The number of benzene rings is 1. The average molecular weight is 258 g/mol. The maximum absolute atomic E-state index is 5.95. The Morgan fingerprint density at radius 2 is 1.94 bits per heavy atom. The number of hydrogen-bond acceptors (Lipinski definition) is 2. The number of nitrogens with zero attached hydrogens (tertiary/aromatic N) is 3. The van der Waals surface area contributed by atoms with E-state index in [1.807, 2.05) is 43.6 Å². The largest absolute Gasteiger partial charge is 0.236 e. The molecule has 90 valence electrons. The van der Waals surface area contributed by atoms with Crippen LogP contribution in [0.2, 0.25) is 0 Å². The lowest BCUT2D eigenvalue weighted by Crippen LogP contribution is -2.01. The van der Waals surface area contributed by atoms with Gasteiger partial charge in [0.15, 0.2) is 5.82 Å². The second kappa shape index (κ2) is 4.42. The van der Waals surface area contributed by atoms with Crippen molar-refractivity contribution in [1.29, 1.82) is 0 Å². The van der Waals surface area contributed by atoms with Gasteiger partial charge in [-0.25, -0.2) is 9.67 Å². The van der Waals surface area contributed by atoms with Crippen molar-refractivity contribution in [3.8, 4) is 5.82 Å². The molecule has 1 aromatic carbocycles. The molecule has 0 aliphatic rings. The average Bonchev–Trinajstić information content (AvgIpc) is 2.84. The van der Waals surface area contributed by atoms with Gasteiger partial charge in [0, 0.05) is 23.7 Å². The molecule has 2 heterocycles. The lowest BCUT2D eigenvalue weighted by Gasteiger charge is -2.08. The Hall–Kier alpha value is -1.87. The highest BCUT2D eigenvalue weighted by Gasteiger charge is 2.08. The molecule has 0 N–H and O–H groups in total. The summed E-state index contributed by atoms with van der Waals surface area (Å²) in [5.74, 6) is 1.30. The van der Waals surface area contributed by atoms with Gasteiger partial charge in [-0.15, -0.1) is 11.6 Å². The Balaban J connectivity index is 2.31. The normalized spacial score (nSPS) is 11.0. The molecule has 2 aromatic heterocycles. The number of rotatable bonds is 2. The number of fused-ring (bicyclic) bond motifs is 1. The second-order valence-corrected chi connectivity index (χ2v) is 4.46. The minimum atomic E-state index is 0.464. The van der Waals surface area contributed by atoms with Crippen LogP contribution >= 0.6 is 11.6 Å². The zero-order valence-electron chi connectivity index (χ0n) is 9.97. The summed E-state index contributed by atoms with van der Waals surface area (Å²) in [6.45, 7) is 1.96. The fraction of sp³-hybridized carbons (Fsp3) is 0.143. The van der Waals surface area contributed by atoms with Crippen LogP contribution in [-0.2, 0) is 5.88 Å². The van der Waals surface area contributed by atoms with Crippen LogP contribution in [0, 0.1) is 6.92 Å². The molecule has 3 aromatic rings. The summed E-state index contributed by atoms with van der Waals surface area (Å²) in [4.78, 5) is 4.48. The predicted molar refractivity (Wildman–Crippen MR) is 73.2 cm³/mol. The third kappa shape index (κ3) is 1.77. The van der Waals surface area contributed by atoms with Crippen LogP contribution in [0.5, 0.6) is 0 Å². The van der Waals surface area contributed by atoms with Gasteiger partial charge in [0.25, 0.3) is 0 Å². The van der Waals surface area contributed by atoms with Crippen molar-refractivity contribution in [3.05, 3.63) is 54.0 Å². The van der Waals surface area contributed by atoms with E-state index in [4.69, 9.17) is 11.6 Å². The van der Waals surface area contributed by atoms with Crippen LogP contribution in [0.15, 0.2) is 42.7 Å². The molecule has 0 atom stereocenters. The molecule has 0 amide bonds. The minimum Gasteiger partial charge on any atom is -0.236 e. The Kier molecular flexibility index (Phi) is 2.76. The molecule has 0 radical (unpaired) electrons. The van der Waals surface area contributed by atoms with Gasteiger partial charge in [0.05, 0.1) is 5.69 Å². The van der Waals surface area contributed by atoms with Crippen LogP contribution < -0.4 is 0 Å². The van der Waals surface area contributed by atoms with Crippen molar-refractivity contribution in [2.45, 2.75) is 12.8 Å². The van der Waals surface area contributed by atoms with Gasteiger partial charge in [-0.05, 0) is 23.9 Å².